The molecule has 1 aliphatic carbocycles. The normalized spacial score (nSPS) is 27.1. The van der Waals surface area contributed by atoms with Crippen molar-refractivity contribution in [1.82, 2.24) is 0 Å². The number of allylic oxidation sites excluding steroid dienone is 3. The smallest absolute Gasteiger partial charge is 0.462 e. The van der Waals surface area contributed by atoms with Gasteiger partial charge in [0.15, 0.2) is 18.7 Å². The second-order valence-electron chi connectivity index (χ2n) is 28.9. The fourth-order valence-electron chi connectivity index (χ4n) is 13.3. The van der Waals surface area contributed by atoms with Crippen molar-refractivity contribution < 1.29 is 117 Å². The molecule has 0 aromatic heterocycles. The fourth-order valence-corrected chi connectivity index (χ4v) is 14.3. The van der Waals surface area contributed by atoms with Gasteiger partial charge < -0.3 is 89.1 Å². The Morgan fingerprint density at radius 1 is 0.402 bits per heavy atom. The Balaban J connectivity index is 1.72. The standard InChI is InChI=1S/C77H141O24P/c1-4-7-10-13-16-19-22-25-28-29-32-35-38-41-44-47-50-53-63(81)96-58(55-93-61(79)51-48-45-42-39-36-33-30-26-23-20-17-14-11-8-5-2)56-95-102(91,92)101-75-73(99-76-71(89)66(84)64(82)59(54-78)97-76)69(87)68(86)70(88)74(75)100-77-72(90)67(85)65(83)60(98-77)57-94-62(80)52-49-46-43-40-37-34-31-27-24-21-18-15-12-9-6-3/h43,46,49,52,58-60,64-78,82-90H,4-42,44-45,47-48,50-51,53-57H2,1-3H3,(H,91,92)/b46-43+,52-49+. The minimum Gasteiger partial charge on any atom is -0.462 e. The Morgan fingerprint density at radius 3 is 1.16 bits per heavy atom. The molecule has 0 aromatic carbocycles. The molecular weight excluding hydrogens is 1340 g/mol. The number of phosphoric ester groups is 1. The van der Waals surface area contributed by atoms with E-state index in [1.54, 1.807) is 6.08 Å². The van der Waals surface area contributed by atoms with Crippen LogP contribution in [0.2, 0.25) is 0 Å². The first-order valence-corrected chi connectivity index (χ1v) is 41.7. The lowest BCUT2D eigenvalue weighted by Crippen LogP contribution is -2.69. The van der Waals surface area contributed by atoms with Crippen molar-refractivity contribution in [3.8, 4) is 0 Å². The van der Waals surface area contributed by atoms with Crippen molar-refractivity contribution >= 4 is 25.7 Å². The van der Waals surface area contributed by atoms with E-state index in [-0.39, 0.29) is 12.8 Å². The highest BCUT2D eigenvalue weighted by atomic mass is 31.2. The highest BCUT2D eigenvalue weighted by Crippen LogP contribution is 2.49. The van der Waals surface area contributed by atoms with E-state index in [1.165, 1.54) is 192 Å². The summed E-state index contributed by atoms with van der Waals surface area (Å²) in [5.41, 5.74) is 0. The zero-order valence-corrected chi connectivity index (χ0v) is 63.5. The van der Waals surface area contributed by atoms with Crippen LogP contribution in [0, 0.1) is 0 Å². The Hall–Kier alpha value is -2.56. The molecule has 0 radical (unpaired) electrons. The van der Waals surface area contributed by atoms with Crippen LogP contribution in [0.15, 0.2) is 24.3 Å². The first kappa shape index (κ1) is 93.6. The molecule has 2 saturated heterocycles. The van der Waals surface area contributed by atoms with Crippen molar-refractivity contribution in [3.05, 3.63) is 24.3 Å². The van der Waals surface area contributed by atoms with Crippen molar-refractivity contribution in [3.63, 3.8) is 0 Å². The molecule has 0 spiro atoms. The number of ether oxygens (including phenoxy) is 7. The molecule has 2 heterocycles. The Morgan fingerprint density at radius 2 is 0.755 bits per heavy atom. The lowest BCUT2D eigenvalue weighted by atomic mass is 9.84. The molecule has 3 aliphatic rings. The second-order valence-corrected chi connectivity index (χ2v) is 30.3. The van der Waals surface area contributed by atoms with Gasteiger partial charge in [-0.3, -0.25) is 18.6 Å². The zero-order chi connectivity index (χ0) is 74.6. The summed E-state index contributed by atoms with van der Waals surface area (Å²) in [6.07, 6.45) is 21.3. The number of esters is 3. The molecule has 11 N–H and O–H groups in total. The van der Waals surface area contributed by atoms with Gasteiger partial charge in [-0.2, -0.15) is 0 Å². The summed E-state index contributed by atoms with van der Waals surface area (Å²) < 4.78 is 65.0. The van der Waals surface area contributed by atoms with Gasteiger partial charge >= 0.3 is 25.7 Å². The van der Waals surface area contributed by atoms with Gasteiger partial charge in [0.1, 0.15) is 98.7 Å². The van der Waals surface area contributed by atoms with Gasteiger partial charge in [0.05, 0.1) is 13.2 Å². The van der Waals surface area contributed by atoms with Crippen LogP contribution in [0.5, 0.6) is 0 Å². The van der Waals surface area contributed by atoms with Crippen molar-refractivity contribution in [2.24, 2.45) is 0 Å². The summed E-state index contributed by atoms with van der Waals surface area (Å²) in [4.78, 5) is 51.0. The number of carbonyl (C=O) groups excluding carboxylic acids is 3. The Kier molecular flexibility index (Phi) is 53.7. The predicted molar refractivity (Wildman–Crippen MR) is 388 cm³/mol. The van der Waals surface area contributed by atoms with Crippen LogP contribution in [0.25, 0.3) is 0 Å². The molecular formula is C77H141O24P. The van der Waals surface area contributed by atoms with Crippen LogP contribution in [0.4, 0.5) is 0 Å². The van der Waals surface area contributed by atoms with E-state index in [4.69, 9.17) is 42.2 Å². The van der Waals surface area contributed by atoms with Gasteiger partial charge in [-0.1, -0.05) is 296 Å². The number of phosphoric acid groups is 1. The maximum atomic E-state index is 14.4. The van der Waals surface area contributed by atoms with E-state index in [2.05, 4.69) is 20.8 Å². The predicted octanol–water partition coefficient (Wildman–Crippen LogP) is 12.1. The second kappa shape index (κ2) is 58.5. The van der Waals surface area contributed by atoms with E-state index in [0.717, 1.165) is 89.5 Å². The SMILES string of the molecule is CCCCCCCCCCCCC/C=C/C=C/C(=O)OCC1OC(OC2C(O)C(O)C(O)C(OC3OC(CO)C(O)C(O)C3O)C2OP(=O)(O)OCC(COC(=O)CCCCCCCCCCCCCCCCC)OC(=O)CCCCCCCCCCCCCCCCCCC)C(O)C(O)C1O. The Labute approximate surface area is 611 Å². The van der Waals surface area contributed by atoms with Crippen molar-refractivity contribution in [2.45, 2.75) is 420 Å². The largest absolute Gasteiger partial charge is 0.472 e. The number of unbranched alkanes of at least 4 members (excludes halogenated alkanes) is 41. The number of hydrogen-bond acceptors (Lipinski definition) is 23. The van der Waals surface area contributed by atoms with E-state index < -0.39 is 156 Å². The number of rotatable bonds is 63. The van der Waals surface area contributed by atoms with Crippen LogP contribution in [0.3, 0.4) is 0 Å². The average molecular weight is 1480 g/mol. The molecule has 18 atom stereocenters. The minimum atomic E-state index is -5.71. The van der Waals surface area contributed by atoms with Crippen LogP contribution in [-0.4, -0.2) is 204 Å². The van der Waals surface area contributed by atoms with Gasteiger partial charge in [0.2, 0.25) is 0 Å². The molecule has 3 rings (SSSR count). The highest BCUT2D eigenvalue weighted by molar-refractivity contribution is 7.47. The fraction of sp³-hybridized carbons (Fsp3) is 0.909. The number of hydrogen-bond donors (Lipinski definition) is 11. The first-order chi connectivity index (χ1) is 49.3. The lowest BCUT2D eigenvalue weighted by molar-refractivity contribution is -0.360. The lowest BCUT2D eigenvalue weighted by Gasteiger charge is -2.49. The maximum Gasteiger partial charge on any atom is 0.472 e. The van der Waals surface area contributed by atoms with E-state index >= 15 is 0 Å². The Bertz CT molecular complexity index is 2190. The van der Waals surface area contributed by atoms with Crippen LogP contribution in [0.1, 0.15) is 316 Å². The van der Waals surface area contributed by atoms with Crippen molar-refractivity contribution in [2.75, 3.05) is 26.4 Å². The number of aliphatic hydroxyl groups excluding tert-OH is 10. The van der Waals surface area contributed by atoms with Crippen LogP contribution in [-0.2, 0) is 61.2 Å². The average Bonchev–Trinajstić information content (AvgIpc) is 0.761. The number of carbonyl (C=O) groups is 3. The molecule has 102 heavy (non-hydrogen) atoms. The molecule has 1 saturated carbocycles. The molecule has 24 nitrogen and oxygen atoms in total. The van der Waals surface area contributed by atoms with Gasteiger partial charge in [-0.05, 0) is 25.7 Å². The topological polar surface area (TPSA) is 374 Å². The summed E-state index contributed by atoms with van der Waals surface area (Å²) in [6.45, 7) is 3.41. The summed E-state index contributed by atoms with van der Waals surface area (Å²) in [5, 5.41) is 110. The molecule has 598 valence electrons. The summed E-state index contributed by atoms with van der Waals surface area (Å²) in [7, 11) is -5.71. The van der Waals surface area contributed by atoms with Crippen LogP contribution < -0.4 is 0 Å². The van der Waals surface area contributed by atoms with E-state index in [9.17, 15) is 74.9 Å². The first-order valence-electron chi connectivity index (χ1n) is 40.2. The third-order valence-electron chi connectivity index (χ3n) is 19.8. The third-order valence-corrected chi connectivity index (χ3v) is 20.8. The highest BCUT2D eigenvalue weighted by Gasteiger charge is 2.58. The van der Waals surface area contributed by atoms with E-state index in [1.807, 2.05) is 6.08 Å². The molecule has 0 bridgehead atoms. The zero-order valence-electron chi connectivity index (χ0n) is 62.7. The van der Waals surface area contributed by atoms with Gasteiger partial charge in [0, 0.05) is 18.9 Å². The monoisotopic (exact) mass is 1480 g/mol. The number of aliphatic hydroxyl groups is 10. The van der Waals surface area contributed by atoms with Gasteiger partial charge in [0.25, 0.3) is 0 Å². The third kappa shape index (κ3) is 40.6. The van der Waals surface area contributed by atoms with Crippen molar-refractivity contribution in [1.29, 1.82) is 0 Å². The van der Waals surface area contributed by atoms with E-state index in [0.29, 0.717) is 12.8 Å². The minimum absolute atomic E-state index is 0.0378. The molecule has 0 aromatic rings. The summed E-state index contributed by atoms with van der Waals surface area (Å²) >= 11 is 0. The summed E-state index contributed by atoms with van der Waals surface area (Å²) in [5.74, 6) is -2.21. The maximum absolute atomic E-state index is 14.4. The summed E-state index contributed by atoms with van der Waals surface area (Å²) in [6, 6.07) is 0. The van der Waals surface area contributed by atoms with Gasteiger partial charge in [-0.25, -0.2) is 9.36 Å². The molecule has 3 fully saturated rings. The quantitative estimate of drug-likeness (QED) is 0.00673. The molecule has 0 amide bonds. The molecule has 18 unspecified atom stereocenters. The van der Waals surface area contributed by atoms with Crippen LogP contribution >= 0.6 is 7.82 Å². The van der Waals surface area contributed by atoms with Gasteiger partial charge in [-0.15, -0.1) is 0 Å². The molecule has 25 heteroatoms. The molecule has 2 aliphatic heterocycles.